The smallest absolute Gasteiger partial charge is 0.321 e. The fourth-order valence-corrected chi connectivity index (χ4v) is 3.80. The van der Waals surface area contributed by atoms with Gasteiger partial charge in [-0.05, 0) is 62.3 Å². The van der Waals surface area contributed by atoms with Gasteiger partial charge in [0.2, 0.25) is 5.91 Å². The van der Waals surface area contributed by atoms with Crippen LogP contribution in [0.5, 0.6) is 0 Å². The molecule has 1 atom stereocenters. The first kappa shape index (κ1) is 18.1. The molecule has 1 N–H and O–H groups in total. The predicted octanol–water partition coefficient (Wildman–Crippen LogP) is 3.99. The summed E-state index contributed by atoms with van der Waals surface area (Å²) in [4.78, 5) is 28.5. The van der Waals surface area contributed by atoms with E-state index in [1.54, 1.807) is 24.3 Å². The number of amides is 3. The first-order valence-electron chi connectivity index (χ1n) is 9.21. The molecule has 1 aromatic rings. The lowest BCUT2D eigenvalue weighted by atomic mass is 9.93. The van der Waals surface area contributed by atoms with Crippen LogP contribution >= 0.6 is 11.6 Å². The Morgan fingerprint density at radius 3 is 2.44 bits per heavy atom. The van der Waals surface area contributed by atoms with Crippen molar-refractivity contribution in [3.05, 3.63) is 29.3 Å². The van der Waals surface area contributed by atoms with E-state index in [-0.39, 0.29) is 11.9 Å². The van der Waals surface area contributed by atoms with E-state index in [1.807, 2.05) is 9.80 Å². The molecule has 0 aliphatic carbocycles. The number of carbonyl (C=O) groups is 2. The molecule has 3 rings (SSSR count). The molecule has 0 spiro atoms. The van der Waals surface area contributed by atoms with Crippen LogP contribution in [-0.2, 0) is 4.79 Å². The van der Waals surface area contributed by atoms with Gasteiger partial charge in [0.05, 0.1) is 0 Å². The van der Waals surface area contributed by atoms with E-state index in [0.29, 0.717) is 17.4 Å². The highest BCUT2D eigenvalue weighted by Gasteiger charge is 2.25. The average molecular weight is 364 g/mol. The highest BCUT2D eigenvalue weighted by Crippen LogP contribution is 2.23. The maximum absolute atomic E-state index is 12.5. The number of hydrogen-bond donors (Lipinski definition) is 1. The highest BCUT2D eigenvalue weighted by molar-refractivity contribution is 6.30. The molecule has 2 aliphatic heterocycles. The summed E-state index contributed by atoms with van der Waals surface area (Å²) in [6.45, 7) is 3.33. The lowest BCUT2D eigenvalue weighted by molar-refractivity contribution is -0.130. The second kappa shape index (κ2) is 8.56. The van der Waals surface area contributed by atoms with Crippen molar-refractivity contribution >= 4 is 29.2 Å². The summed E-state index contributed by atoms with van der Waals surface area (Å²) in [7, 11) is 0. The Balaban J connectivity index is 1.46. The number of likely N-dealkylation sites (tertiary alicyclic amines) is 2. The molecule has 136 valence electrons. The SMILES string of the molecule is O=C(CC[C@H]1CCCN(C(=O)Nc2ccc(Cl)cc2)C1)N1CCCC1. The zero-order valence-electron chi connectivity index (χ0n) is 14.5. The summed E-state index contributed by atoms with van der Waals surface area (Å²) < 4.78 is 0. The fraction of sp³-hybridized carbons (Fsp3) is 0.579. The lowest BCUT2D eigenvalue weighted by Crippen LogP contribution is -2.42. The summed E-state index contributed by atoms with van der Waals surface area (Å²) in [6, 6.07) is 7.06. The minimum Gasteiger partial charge on any atom is -0.343 e. The highest BCUT2D eigenvalue weighted by atomic mass is 35.5. The quantitative estimate of drug-likeness (QED) is 0.879. The summed E-state index contributed by atoms with van der Waals surface area (Å²) in [5, 5.41) is 3.57. The van der Waals surface area contributed by atoms with Gasteiger partial charge in [-0.15, -0.1) is 0 Å². The van der Waals surface area contributed by atoms with Gasteiger partial charge in [0.15, 0.2) is 0 Å². The Morgan fingerprint density at radius 2 is 1.72 bits per heavy atom. The van der Waals surface area contributed by atoms with Crippen LogP contribution in [0.1, 0.15) is 38.5 Å². The second-order valence-electron chi connectivity index (χ2n) is 7.02. The average Bonchev–Trinajstić information content (AvgIpc) is 3.16. The molecule has 0 unspecified atom stereocenters. The summed E-state index contributed by atoms with van der Waals surface area (Å²) in [5.74, 6) is 0.691. The number of anilines is 1. The molecule has 2 heterocycles. The van der Waals surface area contributed by atoms with Crippen LogP contribution in [0.4, 0.5) is 10.5 Å². The minimum atomic E-state index is -0.0714. The van der Waals surface area contributed by atoms with Crippen LogP contribution in [-0.4, -0.2) is 47.9 Å². The Kier molecular flexibility index (Phi) is 6.19. The number of urea groups is 1. The maximum atomic E-state index is 12.5. The molecule has 0 bridgehead atoms. The number of rotatable bonds is 4. The number of nitrogens with one attached hydrogen (secondary N) is 1. The van der Waals surface area contributed by atoms with Crippen molar-refractivity contribution in [2.75, 3.05) is 31.5 Å². The van der Waals surface area contributed by atoms with Gasteiger partial charge in [0, 0.05) is 43.3 Å². The van der Waals surface area contributed by atoms with E-state index in [9.17, 15) is 9.59 Å². The number of piperidine rings is 1. The largest absolute Gasteiger partial charge is 0.343 e. The summed E-state index contributed by atoms with van der Waals surface area (Å²) in [6.07, 6.45) is 5.84. The van der Waals surface area contributed by atoms with Crippen LogP contribution in [0.15, 0.2) is 24.3 Å². The molecule has 1 aromatic carbocycles. The molecule has 3 amide bonds. The van der Waals surface area contributed by atoms with E-state index in [4.69, 9.17) is 11.6 Å². The number of nitrogens with zero attached hydrogens (tertiary/aromatic N) is 2. The summed E-state index contributed by atoms with van der Waals surface area (Å²) >= 11 is 5.87. The number of carbonyl (C=O) groups excluding carboxylic acids is 2. The van der Waals surface area contributed by atoms with Crippen LogP contribution in [0.3, 0.4) is 0 Å². The van der Waals surface area contributed by atoms with E-state index in [1.165, 1.54) is 0 Å². The maximum Gasteiger partial charge on any atom is 0.321 e. The molecule has 25 heavy (non-hydrogen) atoms. The molecular formula is C19H26ClN3O2. The molecular weight excluding hydrogens is 338 g/mol. The Labute approximate surface area is 154 Å². The molecule has 2 fully saturated rings. The molecule has 2 saturated heterocycles. The molecule has 5 nitrogen and oxygen atoms in total. The normalized spacial score (nSPS) is 20.6. The first-order valence-corrected chi connectivity index (χ1v) is 9.59. The van der Waals surface area contributed by atoms with Gasteiger partial charge < -0.3 is 15.1 Å². The van der Waals surface area contributed by atoms with Crippen molar-refractivity contribution in [2.24, 2.45) is 5.92 Å². The Hall–Kier alpha value is -1.75. The number of hydrogen-bond acceptors (Lipinski definition) is 2. The third kappa shape index (κ3) is 5.11. The van der Waals surface area contributed by atoms with Gasteiger partial charge in [-0.25, -0.2) is 4.79 Å². The third-order valence-corrected chi connectivity index (χ3v) is 5.38. The first-order chi connectivity index (χ1) is 12.1. The van der Waals surface area contributed by atoms with E-state index in [2.05, 4.69) is 5.32 Å². The van der Waals surface area contributed by atoms with Crippen molar-refractivity contribution < 1.29 is 9.59 Å². The zero-order valence-corrected chi connectivity index (χ0v) is 15.3. The van der Waals surface area contributed by atoms with Gasteiger partial charge in [-0.3, -0.25) is 4.79 Å². The van der Waals surface area contributed by atoms with Gasteiger partial charge in [-0.2, -0.15) is 0 Å². The van der Waals surface area contributed by atoms with Crippen LogP contribution in [0, 0.1) is 5.92 Å². The van der Waals surface area contributed by atoms with Crippen molar-refractivity contribution in [3.8, 4) is 0 Å². The molecule has 6 heteroatoms. The van der Waals surface area contributed by atoms with Crippen molar-refractivity contribution in [3.63, 3.8) is 0 Å². The van der Waals surface area contributed by atoms with E-state index in [0.717, 1.165) is 64.0 Å². The monoisotopic (exact) mass is 363 g/mol. The summed E-state index contributed by atoms with van der Waals surface area (Å²) in [5.41, 5.74) is 0.751. The van der Waals surface area contributed by atoms with Gasteiger partial charge >= 0.3 is 6.03 Å². The zero-order chi connectivity index (χ0) is 17.6. The van der Waals surface area contributed by atoms with Crippen LogP contribution < -0.4 is 5.32 Å². The topological polar surface area (TPSA) is 52.7 Å². The second-order valence-corrected chi connectivity index (χ2v) is 7.45. The van der Waals surface area contributed by atoms with Crippen molar-refractivity contribution in [2.45, 2.75) is 38.5 Å². The van der Waals surface area contributed by atoms with Crippen molar-refractivity contribution in [1.82, 2.24) is 9.80 Å². The number of halogens is 1. The predicted molar refractivity (Wildman–Crippen MR) is 99.8 cm³/mol. The molecule has 2 aliphatic rings. The van der Waals surface area contributed by atoms with Crippen molar-refractivity contribution in [1.29, 1.82) is 0 Å². The van der Waals surface area contributed by atoms with E-state index >= 15 is 0 Å². The Bertz CT molecular complexity index is 599. The van der Waals surface area contributed by atoms with Gasteiger partial charge in [0.25, 0.3) is 0 Å². The Morgan fingerprint density at radius 1 is 1.04 bits per heavy atom. The fourth-order valence-electron chi connectivity index (χ4n) is 3.67. The minimum absolute atomic E-state index is 0.0714. The number of benzene rings is 1. The lowest BCUT2D eigenvalue weighted by Gasteiger charge is -2.33. The third-order valence-electron chi connectivity index (χ3n) is 5.13. The molecule has 0 radical (unpaired) electrons. The van der Waals surface area contributed by atoms with Crippen LogP contribution in [0.2, 0.25) is 5.02 Å². The van der Waals surface area contributed by atoms with Crippen LogP contribution in [0.25, 0.3) is 0 Å². The standard InChI is InChI=1S/C19H26ClN3O2/c20-16-6-8-17(9-7-16)21-19(25)23-13-3-4-15(14-23)5-10-18(24)22-11-1-2-12-22/h6-9,15H,1-5,10-14H2,(H,21,25)/t15-/m1/s1. The molecule has 0 aromatic heterocycles. The van der Waals surface area contributed by atoms with Gasteiger partial charge in [-0.1, -0.05) is 11.6 Å². The molecule has 0 saturated carbocycles. The van der Waals surface area contributed by atoms with Gasteiger partial charge in [0.1, 0.15) is 0 Å². The van der Waals surface area contributed by atoms with E-state index < -0.39 is 0 Å².